The van der Waals surface area contributed by atoms with Crippen molar-refractivity contribution in [3.63, 3.8) is 0 Å². The molecule has 0 saturated carbocycles. The minimum Gasteiger partial charge on any atom is -0.323 e. The molecule has 6 nitrogen and oxygen atoms in total. The van der Waals surface area contributed by atoms with Crippen molar-refractivity contribution >= 4 is 23.3 Å². The maximum Gasteiger partial charge on any atom is 0.322 e. The Morgan fingerprint density at radius 2 is 2.33 bits per heavy atom. The van der Waals surface area contributed by atoms with Crippen molar-refractivity contribution in [2.45, 2.75) is 38.8 Å². The number of hydrogen-bond donors (Lipinski definition) is 2. The van der Waals surface area contributed by atoms with Gasteiger partial charge in [0, 0.05) is 24.4 Å². The van der Waals surface area contributed by atoms with Crippen molar-refractivity contribution in [1.29, 1.82) is 0 Å². The average Bonchev–Trinajstić information content (AvgIpc) is 2.94. The zero-order valence-corrected chi connectivity index (χ0v) is 13.1. The number of urea groups is 1. The third-order valence-corrected chi connectivity index (χ3v) is 5.27. The summed E-state index contributed by atoms with van der Waals surface area (Å²) in [5.41, 5.74) is 0.302. The van der Waals surface area contributed by atoms with E-state index in [0.29, 0.717) is 0 Å². The fourth-order valence-electron chi connectivity index (χ4n) is 3.22. The second kappa shape index (κ2) is 5.38. The Balaban J connectivity index is 1.68. The van der Waals surface area contributed by atoms with Crippen LogP contribution >= 0.6 is 11.3 Å². The monoisotopic (exact) mass is 308 g/mol. The van der Waals surface area contributed by atoms with Crippen molar-refractivity contribution in [3.05, 3.63) is 16.1 Å². The van der Waals surface area contributed by atoms with Crippen molar-refractivity contribution < 1.29 is 9.59 Å². The molecule has 1 aromatic heterocycles. The van der Waals surface area contributed by atoms with Gasteiger partial charge in [-0.15, -0.1) is 11.3 Å². The number of amides is 3. The molecule has 3 rings (SSSR count). The first-order chi connectivity index (χ1) is 9.97. The second-order valence-corrected chi connectivity index (χ2v) is 7.10. The van der Waals surface area contributed by atoms with E-state index in [1.165, 1.54) is 0 Å². The van der Waals surface area contributed by atoms with E-state index in [1.54, 1.807) is 11.3 Å². The third kappa shape index (κ3) is 2.80. The molecule has 0 bridgehead atoms. The minimum absolute atomic E-state index is 0.137. The highest BCUT2D eigenvalue weighted by atomic mass is 32.1. The summed E-state index contributed by atoms with van der Waals surface area (Å²) >= 11 is 1.66. The predicted molar refractivity (Wildman–Crippen MR) is 79.9 cm³/mol. The van der Waals surface area contributed by atoms with Gasteiger partial charge in [0.2, 0.25) is 0 Å². The number of thiazole rings is 1. The lowest BCUT2D eigenvalue weighted by Crippen LogP contribution is -2.55. The summed E-state index contributed by atoms with van der Waals surface area (Å²) < 4.78 is 0. The Bertz CT molecular complexity index is 573. The Labute approximate surface area is 127 Å². The maximum atomic E-state index is 12.1. The molecule has 21 heavy (non-hydrogen) atoms. The van der Waals surface area contributed by atoms with Crippen molar-refractivity contribution in [3.8, 4) is 0 Å². The SMILES string of the molecule is Cc1nc(CN2CCC[C@@H]([C@@]3(C)NC(=O)NC3=O)C2)cs1. The van der Waals surface area contributed by atoms with E-state index in [0.717, 1.165) is 43.2 Å². The van der Waals surface area contributed by atoms with Crippen LogP contribution in [0.2, 0.25) is 0 Å². The number of aryl methyl sites for hydroxylation is 1. The van der Waals surface area contributed by atoms with Gasteiger partial charge in [-0.3, -0.25) is 15.0 Å². The van der Waals surface area contributed by atoms with Crippen molar-refractivity contribution in [1.82, 2.24) is 20.5 Å². The predicted octanol–water partition coefficient (Wildman–Crippen LogP) is 1.26. The second-order valence-electron chi connectivity index (χ2n) is 6.04. The number of carbonyl (C=O) groups excluding carboxylic acids is 2. The third-order valence-electron chi connectivity index (χ3n) is 4.45. The van der Waals surface area contributed by atoms with Crippen LogP contribution in [0.5, 0.6) is 0 Å². The molecule has 0 aliphatic carbocycles. The highest BCUT2D eigenvalue weighted by Crippen LogP contribution is 2.30. The van der Waals surface area contributed by atoms with Crippen molar-refractivity contribution in [2.75, 3.05) is 13.1 Å². The molecule has 2 fully saturated rings. The van der Waals surface area contributed by atoms with Crippen LogP contribution in [0.3, 0.4) is 0 Å². The molecule has 114 valence electrons. The number of nitrogens with zero attached hydrogens (tertiary/aromatic N) is 2. The Hall–Kier alpha value is -1.47. The summed E-state index contributed by atoms with van der Waals surface area (Å²) in [6.07, 6.45) is 1.99. The van der Waals surface area contributed by atoms with E-state index in [1.807, 2.05) is 13.8 Å². The topological polar surface area (TPSA) is 74.3 Å². The summed E-state index contributed by atoms with van der Waals surface area (Å²) in [6.45, 7) is 6.47. The molecule has 0 unspecified atom stereocenters. The fourth-order valence-corrected chi connectivity index (χ4v) is 3.83. The molecule has 2 aliphatic rings. The summed E-state index contributed by atoms with van der Waals surface area (Å²) in [5, 5.41) is 8.32. The normalized spacial score (nSPS) is 30.3. The van der Waals surface area contributed by atoms with Gasteiger partial charge in [0.15, 0.2) is 0 Å². The number of piperidine rings is 1. The smallest absolute Gasteiger partial charge is 0.322 e. The lowest BCUT2D eigenvalue weighted by atomic mass is 9.80. The molecule has 0 aromatic carbocycles. The zero-order chi connectivity index (χ0) is 15.0. The molecule has 7 heteroatoms. The van der Waals surface area contributed by atoms with Gasteiger partial charge in [-0.2, -0.15) is 0 Å². The molecule has 0 spiro atoms. The highest BCUT2D eigenvalue weighted by Gasteiger charge is 2.48. The van der Waals surface area contributed by atoms with Crippen LogP contribution in [-0.4, -0.2) is 40.5 Å². The van der Waals surface area contributed by atoms with E-state index >= 15 is 0 Å². The molecule has 2 atom stereocenters. The Kier molecular flexibility index (Phi) is 3.71. The first-order valence-electron chi connectivity index (χ1n) is 7.24. The number of rotatable bonds is 3. The van der Waals surface area contributed by atoms with Gasteiger partial charge in [-0.1, -0.05) is 0 Å². The molecular weight excluding hydrogens is 288 g/mol. The number of imide groups is 1. The van der Waals surface area contributed by atoms with E-state index in [4.69, 9.17) is 0 Å². The van der Waals surface area contributed by atoms with Crippen LogP contribution in [0, 0.1) is 12.8 Å². The molecule has 0 radical (unpaired) electrons. The molecule has 3 amide bonds. The summed E-state index contributed by atoms with van der Waals surface area (Å²) in [6, 6.07) is -0.380. The van der Waals surface area contributed by atoms with Crippen LogP contribution in [0.4, 0.5) is 4.79 Å². The average molecular weight is 308 g/mol. The highest BCUT2D eigenvalue weighted by molar-refractivity contribution is 7.09. The molecular formula is C14H20N4O2S. The number of likely N-dealkylation sites (tertiary alicyclic amines) is 1. The minimum atomic E-state index is -0.784. The van der Waals surface area contributed by atoms with Gasteiger partial charge in [-0.25, -0.2) is 9.78 Å². The number of hydrogen-bond acceptors (Lipinski definition) is 5. The quantitative estimate of drug-likeness (QED) is 0.825. The van der Waals surface area contributed by atoms with E-state index < -0.39 is 5.54 Å². The molecule has 2 N–H and O–H groups in total. The van der Waals surface area contributed by atoms with Gasteiger partial charge in [0.1, 0.15) is 5.54 Å². The number of nitrogens with one attached hydrogen (secondary N) is 2. The number of aromatic nitrogens is 1. The fraction of sp³-hybridized carbons (Fsp3) is 0.643. The van der Waals surface area contributed by atoms with Crippen LogP contribution in [-0.2, 0) is 11.3 Å². The van der Waals surface area contributed by atoms with Crippen molar-refractivity contribution in [2.24, 2.45) is 5.92 Å². The van der Waals surface area contributed by atoms with Gasteiger partial charge < -0.3 is 5.32 Å². The maximum absolute atomic E-state index is 12.1. The molecule has 1 aromatic rings. The van der Waals surface area contributed by atoms with Gasteiger partial charge in [0.05, 0.1) is 10.7 Å². The largest absolute Gasteiger partial charge is 0.323 e. The Morgan fingerprint density at radius 3 is 2.95 bits per heavy atom. The standard InChI is InChI=1S/C14H20N4O2S/c1-9-15-11(8-21-9)7-18-5-3-4-10(6-18)14(2)12(19)16-13(20)17-14/h8,10H,3-7H2,1-2H3,(H2,16,17,19,20)/t10-,14-/m1/s1. The summed E-state index contributed by atoms with van der Waals surface area (Å²) in [4.78, 5) is 30.3. The molecule has 3 heterocycles. The number of carbonyl (C=O) groups is 2. The van der Waals surface area contributed by atoms with Gasteiger partial charge in [-0.05, 0) is 33.2 Å². The van der Waals surface area contributed by atoms with E-state index in [2.05, 4.69) is 25.9 Å². The van der Waals surface area contributed by atoms with Crippen LogP contribution in [0.1, 0.15) is 30.5 Å². The summed E-state index contributed by atoms with van der Waals surface area (Å²) in [7, 11) is 0. The first kappa shape index (κ1) is 14.5. The van der Waals surface area contributed by atoms with Crippen LogP contribution < -0.4 is 10.6 Å². The Morgan fingerprint density at radius 1 is 1.52 bits per heavy atom. The van der Waals surface area contributed by atoms with Gasteiger partial charge >= 0.3 is 6.03 Å². The lowest BCUT2D eigenvalue weighted by molar-refractivity contribution is -0.126. The van der Waals surface area contributed by atoms with Gasteiger partial charge in [0.25, 0.3) is 5.91 Å². The summed E-state index contributed by atoms with van der Waals surface area (Å²) in [5.74, 6) is -0.0683. The van der Waals surface area contributed by atoms with Crippen LogP contribution in [0.25, 0.3) is 0 Å². The lowest BCUT2D eigenvalue weighted by Gasteiger charge is -2.39. The molecule has 2 aliphatic heterocycles. The van der Waals surface area contributed by atoms with E-state index in [9.17, 15) is 9.59 Å². The first-order valence-corrected chi connectivity index (χ1v) is 8.12. The van der Waals surface area contributed by atoms with E-state index in [-0.39, 0.29) is 17.9 Å². The zero-order valence-electron chi connectivity index (χ0n) is 12.3. The molecule has 2 saturated heterocycles. The van der Waals surface area contributed by atoms with Crippen LogP contribution in [0.15, 0.2) is 5.38 Å².